The molecule has 1 aliphatic heterocycles. The fourth-order valence-electron chi connectivity index (χ4n) is 1.84. The summed E-state index contributed by atoms with van der Waals surface area (Å²) in [4.78, 5) is 9.68. The number of aromatic nitrogens is 2. The van der Waals surface area contributed by atoms with Gasteiger partial charge in [-0.3, -0.25) is 0 Å². The first-order valence-corrected chi connectivity index (χ1v) is 4.84. The molecule has 4 nitrogen and oxygen atoms in total. The Morgan fingerprint density at radius 3 is 2.54 bits per heavy atom. The fourth-order valence-corrected chi connectivity index (χ4v) is 1.84. The average Bonchev–Trinajstić information content (AvgIpc) is 2.47. The molecule has 0 unspecified atom stereocenters. The van der Waals surface area contributed by atoms with Gasteiger partial charge in [-0.15, -0.1) is 0 Å². The Morgan fingerprint density at radius 1 is 1.31 bits per heavy atom. The van der Waals surface area contributed by atoms with E-state index in [1.165, 1.54) is 19.3 Å². The highest BCUT2D eigenvalue weighted by molar-refractivity contribution is 5.59. The number of anilines is 2. The van der Waals surface area contributed by atoms with Crippen LogP contribution in [0.3, 0.4) is 0 Å². The second-order valence-electron chi connectivity index (χ2n) is 3.61. The Labute approximate surface area is 78.1 Å². The lowest BCUT2D eigenvalue weighted by molar-refractivity contribution is 0.574. The van der Waals surface area contributed by atoms with Crippen LogP contribution in [0.4, 0.5) is 11.6 Å². The first kappa shape index (κ1) is 8.41. The maximum absolute atomic E-state index is 5.81. The molecule has 0 radical (unpaired) electrons. The van der Waals surface area contributed by atoms with Crippen molar-refractivity contribution in [3.63, 3.8) is 0 Å². The predicted octanol–water partition coefficient (Wildman–Crippen LogP) is 1.29. The van der Waals surface area contributed by atoms with Gasteiger partial charge in [-0.05, 0) is 26.2 Å². The van der Waals surface area contributed by atoms with Gasteiger partial charge in [0.25, 0.3) is 0 Å². The van der Waals surface area contributed by atoms with E-state index in [0.717, 1.165) is 24.7 Å². The van der Waals surface area contributed by atoms with Crippen LogP contribution in [0.5, 0.6) is 0 Å². The normalized spacial score (nSPS) is 17.8. The number of hydrogen-bond acceptors (Lipinski definition) is 3. The van der Waals surface area contributed by atoms with Crippen molar-refractivity contribution in [2.24, 2.45) is 0 Å². The summed E-state index contributed by atoms with van der Waals surface area (Å²) in [7, 11) is 0. The molecule has 0 aromatic carbocycles. The number of H-pyrrole nitrogens is 1. The molecule has 0 saturated carbocycles. The summed E-state index contributed by atoms with van der Waals surface area (Å²) in [5.41, 5.74) is 5.81. The molecule has 0 spiro atoms. The van der Waals surface area contributed by atoms with Crippen molar-refractivity contribution in [3.8, 4) is 0 Å². The zero-order valence-corrected chi connectivity index (χ0v) is 8.01. The van der Waals surface area contributed by atoms with Crippen molar-refractivity contribution in [2.75, 3.05) is 23.7 Å². The van der Waals surface area contributed by atoms with Crippen LogP contribution in [0, 0.1) is 6.92 Å². The average molecular weight is 180 g/mol. The van der Waals surface area contributed by atoms with E-state index in [1.54, 1.807) is 0 Å². The molecule has 1 aromatic rings. The third kappa shape index (κ3) is 1.61. The number of nitrogens with zero attached hydrogens (tertiary/aromatic N) is 2. The highest BCUT2D eigenvalue weighted by atomic mass is 15.2. The minimum absolute atomic E-state index is 0.708. The van der Waals surface area contributed by atoms with E-state index in [1.807, 2.05) is 6.92 Å². The van der Waals surface area contributed by atoms with Crippen LogP contribution in [-0.4, -0.2) is 23.1 Å². The quantitative estimate of drug-likeness (QED) is 0.684. The standard InChI is InChI=1S/C9H16N4/c1-7-11-8(10)9(12-7)13-5-3-2-4-6-13/h2-6,10H2,1H3,(H,11,12). The monoisotopic (exact) mass is 180 g/mol. The van der Waals surface area contributed by atoms with E-state index < -0.39 is 0 Å². The number of nitrogens with one attached hydrogen (secondary N) is 1. The van der Waals surface area contributed by atoms with Crippen LogP contribution in [0.2, 0.25) is 0 Å². The first-order valence-electron chi connectivity index (χ1n) is 4.84. The summed E-state index contributed by atoms with van der Waals surface area (Å²) in [6.45, 7) is 4.12. The first-order chi connectivity index (χ1) is 6.27. The number of aryl methyl sites for hydroxylation is 1. The van der Waals surface area contributed by atoms with Gasteiger partial charge in [0, 0.05) is 13.1 Å². The number of nitrogens with two attached hydrogens (primary N) is 1. The van der Waals surface area contributed by atoms with Gasteiger partial charge < -0.3 is 15.6 Å². The Hall–Kier alpha value is -1.19. The van der Waals surface area contributed by atoms with Crippen molar-refractivity contribution < 1.29 is 0 Å². The predicted molar refractivity (Wildman–Crippen MR) is 53.8 cm³/mol. The molecule has 2 rings (SSSR count). The summed E-state index contributed by atoms with van der Waals surface area (Å²) in [5.74, 6) is 2.55. The molecular formula is C9H16N4. The molecule has 0 amide bonds. The molecule has 4 heteroatoms. The smallest absolute Gasteiger partial charge is 0.171 e. The summed E-state index contributed by atoms with van der Waals surface area (Å²) in [6.07, 6.45) is 3.84. The lowest BCUT2D eigenvalue weighted by Crippen LogP contribution is -2.30. The van der Waals surface area contributed by atoms with E-state index in [2.05, 4.69) is 14.9 Å². The van der Waals surface area contributed by atoms with Crippen molar-refractivity contribution in [1.82, 2.24) is 9.97 Å². The third-order valence-electron chi connectivity index (χ3n) is 2.49. The van der Waals surface area contributed by atoms with Gasteiger partial charge >= 0.3 is 0 Å². The van der Waals surface area contributed by atoms with Gasteiger partial charge in [-0.1, -0.05) is 0 Å². The maximum atomic E-state index is 5.81. The molecular weight excluding hydrogens is 164 g/mol. The molecule has 0 bridgehead atoms. The molecule has 1 saturated heterocycles. The van der Waals surface area contributed by atoms with Crippen molar-refractivity contribution in [2.45, 2.75) is 26.2 Å². The maximum Gasteiger partial charge on any atom is 0.171 e. The van der Waals surface area contributed by atoms with Crippen LogP contribution in [-0.2, 0) is 0 Å². The second kappa shape index (κ2) is 3.28. The lowest BCUT2D eigenvalue weighted by Gasteiger charge is -2.26. The van der Waals surface area contributed by atoms with Crippen LogP contribution in [0.1, 0.15) is 25.1 Å². The Morgan fingerprint density at radius 2 is 2.00 bits per heavy atom. The summed E-state index contributed by atoms with van der Waals surface area (Å²) >= 11 is 0. The zero-order valence-electron chi connectivity index (χ0n) is 8.01. The minimum atomic E-state index is 0.708. The summed E-state index contributed by atoms with van der Waals surface area (Å²) in [5, 5.41) is 0. The topological polar surface area (TPSA) is 57.9 Å². The summed E-state index contributed by atoms with van der Waals surface area (Å²) < 4.78 is 0. The van der Waals surface area contributed by atoms with E-state index in [9.17, 15) is 0 Å². The van der Waals surface area contributed by atoms with Crippen molar-refractivity contribution >= 4 is 11.6 Å². The second-order valence-corrected chi connectivity index (χ2v) is 3.61. The number of rotatable bonds is 1. The molecule has 0 atom stereocenters. The van der Waals surface area contributed by atoms with Crippen LogP contribution in [0.15, 0.2) is 0 Å². The molecule has 1 aromatic heterocycles. The molecule has 0 aliphatic carbocycles. The lowest BCUT2D eigenvalue weighted by atomic mass is 10.1. The molecule has 2 heterocycles. The van der Waals surface area contributed by atoms with Gasteiger partial charge in [0.2, 0.25) is 0 Å². The number of aromatic amines is 1. The largest absolute Gasteiger partial charge is 0.382 e. The van der Waals surface area contributed by atoms with Gasteiger partial charge in [-0.25, -0.2) is 4.98 Å². The molecule has 13 heavy (non-hydrogen) atoms. The van der Waals surface area contributed by atoms with Crippen LogP contribution in [0.25, 0.3) is 0 Å². The highest BCUT2D eigenvalue weighted by Gasteiger charge is 2.16. The minimum Gasteiger partial charge on any atom is -0.382 e. The molecule has 3 N–H and O–H groups in total. The molecule has 1 aliphatic rings. The van der Waals surface area contributed by atoms with E-state index in [-0.39, 0.29) is 0 Å². The number of piperidine rings is 1. The van der Waals surface area contributed by atoms with E-state index >= 15 is 0 Å². The Balaban J connectivity index is 2.18. The van der Waals surface area contributed by atoms with Crippen molar-refractivity contribution in [3.05, 3.63) is 5.82 Å². The summed E-state index contributed by atoms with van der Waals surface area (Å²) in [6, 6.07) is 0. The fraction of sp³-hybridized carbons (Fsp3) is 0.667. The Kier molecular flexibility index (Phi) is 2.12. The SMILES string of the molecule is Cc1nc(N2CCCCC2)c(N)[nH]1. The third-order valence-corrected chi connectivity index (χ3v) is 2.49. The number of imidazole rings is 1. The number of hydrogen-bond donors (Lipinski definition) is 2. The number of nitrogen functional groups attached to an aromatic ring is 1. The van der Waals surface area contributed by atoms with Crippen LogP contribution < -0.4 is 10.6 Å². The van der Waals surface area contributed by atoms with Crippen molar-refractivity contribution in [1.29, 1.82) is 0 Å². The molecule has 72 valence electrons. The highest BCUT2D eigenvalue weighted by Crippen LogP contribution is 2.23. The van der Waals surface area contributed by atoms with Crippen LogP contribution >= 0.6 is 0 Å². The zero-order chi connectivity index (χ0) is 9.26. The van der Waals surface area contributed by atoms with Gasteiger partial charge in [0.1, 0.15) is 11.6 Å². The van der Waals surface area contributed by atoms with E-state index in [0.29, 0.717) is 5.82 Å². The molecule has 1 fully saturated rings. The van der Waals surface area contributed by atoms with Gasteiger partial charge in [-0.2, -0.15) is 0 Å². The van der Waals surface area contributed by atoms with Gasteiger partial charge in [0.05, 0.1) is 0 Å². The van der Waals surface area contributed by atoms with Gasteiger partial charge in [0.15, 0.2) is 5.82 Å². The Bertz CT molecular complexity index is 286. The van der Waals surface area contributed by atoms with E-state index in [4.69, 9.17) is 5.73 Å².